The first-order chi connectivity index (χ1) is 11.7. The third kappa shape index (κ3) is 4.65. The van der Waals surface area contributed by atoms with Crippen molar-refractivity contribution >= 4 is 23.3 Å². The Balaban J connectivity index is 0.00000225. The lowest BCUT2D eigenvalue weighted by atomic mass is 10.2. The molecule has 134 valence electrons. The van der Waals surface area contributed by atoms with Gasteiger partial charge < -0.3 is 14.4 Å². The first-order valence-corrected chi connectivity index (χ1v) is 8.03. The Hall–Kier alpha value is -2.24. The van der Waals surface area contributed by atoms with Gasteiger partial charge in [0.1, 0.15) is 12.4 Å². The molecule has 0 aliphatic rings. The molecule has 0 amide bonds. The van der Waals surface area contributed by atoms with E-state index in [1.807, 2.05) is 43.0 Å². The van der Waals surface area contributed by atoms with Crippen molar-refractivity contribution in [3.05, 3.63) is 54.1 Å². The van der Waals surface area contributed by atoms with Crippen LogP contribution in [0.25, 0.3) is 10.9 Å². The van der Waals surface area contributed by atoms with Crippen LogP contribution in [0.2, 0.25) is 0 Å². The lowest BCUT2D eigenvalue weighted by Crippen LogP contribution is -2.19. The van der Waals surface area contributed by atoms with Crippen LogP contribution >= 0.6 is 12.4 Å². The van der Waals surface area contributed by atoms with E-state index in [4.69, 9.17) is 9.47 Å². The summed E-state index contributed by atoms with van der Waals surface area (Å²) in [4.78, 5) is 2.09. The number of hydrogen-bond donors (Lipinski definition) is 0. The van der Waals surface area contributed by atoms with Crippen LogP contribution in [0.5, 0.6) is 11.6 Å². The molecule has 0 aliphatic carbocycles. The third-order valence-electron chi connectivity index (χ3n) is 3.89. The first kappa shape index (κ1) is 19.1. The molecule has 0 bridgehead atoms. The zero-order valence-electron chi connectivity index (χ0n) is 14.8. The van der Waals surface area contributed by atoms with Gasteiger partial charge in [0.25, 0.3) is 0 Å². The van der Waals surface area contributed by atoms with Crippen molar-refractivity contribution in [2.45, 2.75) is 6.54 Å². The minimum Gasteiger partial charge on any atom is -0.497 e. The zero-order chi connectivity index (χ0) is 16.9. The highest BCUT2D eigenvalue weighted by atomic mass is 35.5. The Bertz CT molecular complexity index is 800. The number of rotatable bonds is 7. The average Bonchev–Trinajstić information content (AvgIpc) is 2.93. The molecule has 2 aromatic carbocycles. The second-order valence-corrected chi connectivity index (χ2v) is 5.98. The average molecular weight is 362 g/mol. The van der Waals surface area contributed by atoms with E-state index < -0.39 is 0 Å². The number of nitrogens with zero attached hydrogens (tertiary/aromatic N) is 3. The SMILES string of the molecule is COc1ccc(Cn2nc(OCCN(C)C)c3ccccc32)cc1.Cl. The molecular weight excluding hydrogens is 338 g/mol. The van der Waals surface area contributed by atoms with Gasteiger partial charge in [-0.1, -0.05) is 24.3 Å². The second kappa shape index (κ2) is 8.74. The Morgan fingerprint density at radius 2 is 1.76 bits per heavy atom. The highest BCUT2D eigenvalue weighted by molar-refractivity contribution is 5.85. The minimum atomic E-state index is 0. The van der Waals surface area contributed by atoms with E-state index in [-0.39, 0.29) is 12.4 Å². The Labute approximate surface area is 154 Å². The van der Waals surface area contributed by atoms with Crippen LogP contribution < -0.4 is 9.47 Å². The normalized spacial score (nSPS) is 10.7. The number of para-hydroxylation sites is 1. The molecule has 0 saturated heterocycles. The molecule has 25 heavy (non-hydrogen) atoms. The maximum Gasteiger partial charge on any atom is 0.240 e. The predicted molar refractivity (Wildman–Crippen MR) is 103 cm³/mol. The number of ether oxygens (including phenoxy) is 2. The molecule has 3 rings (SSSR count). The van der Waals surface area contributed by atoms with Crippen molar-refractivity contribution in [2.24, 2.45) is 0 Å². The molecule has 3 aromatic rings. The molecule has 0 radical (unpaired) electrons. The van der Waals surface area contributed by atoms with Crippen molar-refractivity contribution < 1.29 is 9.47 Å². The molecule has 0 saturated carbocycles. The topological polar surface area (TPSA) is 39.5 Å². The maximum absolute atomic E-state index is 5.89. The van der Waals surface area contributed by atoms with Crippen LogP contribution in [-0.4, -0.2) is 49.0 Å². The predicted octanol–water partition coefficient (Wildman–Crippen LogP) is 3.46. The smallest absolute Gasteiger partial charge is 0.240 e. The van der Waals surface area contributed by atoms with Crippen molar-refractivity contribution in [3.63, 3.8) is 0 Å². The van der Waals surface area contributed by atoms with Crippen LogP contribution in [0.15, 0.2) is 48.5 Å². The zero-order valence-corrected chi connectivity index (χ0v) is 15.6. The number of aromatic nitrogens is 2. The van der Waals surface area contributed by atoms with E-state index in [0.717, 1.165) is 23.2 Å². The Kier molecular flexibility index (Phi) is 6.67. The fraction of sp³-hybridized carbons (Fsp3) is 0.316. The van der Waals surface area contributed by atoms with E-state index in [2.05, 4.69) is 34.3 Å². The highest BCUT2D eigenvalue weighted by Gasteiger charge is 2.11. The molecule has 0 aliphatic heterocycles. The lowest BCUT2D eigenvalue weighted by Gasteiger charge is -2.09. The summed E-state index contributed by atoms with van der Waals surface area (Å²) in [5.74, 6) is 1.55. The number of benzene rings is 2. The first-order valence-electron chi connectivity index (χ1n) is 8.03. The van der Waals surface area contributed by atoms with Gasteiger partial charge in [0.2, 0.25) is 5.88 Å². The van der Waals surface area contributed by atoms with Gasteiger partial charge in [-0.15, -0.1) is 17.5 Å². The number of fused-ring (bicyclic) bond motifs is 1. The monoisotopic (exact) mass is 361 g/mol. The van der Waals surface area contributed by atoms with E-state index in [9.17, 15) is 0 Å². The second-order valence-electron chi connectivity index (χ2n) is 5.98. The summed E-state index contributed by atoms with van der Waals surface area (Å²) in [5, 5.41) is 5.71. The number of likely N-dealkylation sites (N-methyl/N-ethyl adjacent to an activating group) is 1. The van der Waals surface area contributed by atoms with E-state index in [1.54, 1.807) is 7.11 Å². The Morgan fingerprint density at radius 3 is 2.44 bits per heavy atom. The van der Waals surface area contributed by atoms with Gasteiger partial charge in [0.15, 0.2) is 0 Å². The van der Waals surface area contributed by atoms with Crippen LogP contribution in [0.4, 0.5) is 0 Å². The fourth-order valence-corrected chi connectivity index (χ4v) is 2.55. The highest BCUT2D eigenvalue weighted by Crippen LogP contribution is 2.25. The van der Waals surface area contributed by atoms with Gasteiger partial charge in [-0.05, 0) is 43.9 Å². The van der Waals surface area contributed by atoms with Crippen molar-refractivity contribution in [3.8, 4) is 11.6 Å². The summed E-state index contributed by atoms with van der Waals surface area (Å²) >= 11 is 0. The number of methoxy groups -OCH3 is 1. The van der Waals surface area contributed by atoms with Crippen LogP contribution in [0, 0.1) is 0 Å². The summed E-state index contributed by atoms with van der Waals surface area (Å²) in [6.45, 7) is 2.18. The molecule has 5 nitrogen and oxygen atoms in total. The molecule has 6 heteroatoms. The van der Waals surface area contributed by atoms with Gasteiger partial charge in [-0.2, -0.15) is 0 Å². The Morgan fingerprint density at radius 1 is 1.04 bits per heavy atom. The van der Waals surface area contributed by atoms with Crippen molar-refractivity contribution in [1.29, 1.82) is 0 Å². The van der Waals surface area contributed by atoms with E-state index in [0.29, 0.717) is 19.0 Å². The number of halogens is 1. The van der Waals surface area contributed by atoms with Crippen molar-refractivity contribution in [1.82, 2.24) is 14.7 Å². The molecule has 1 heterocycles. The van der Waals surface area contributed by atoms with Crippen LogP contribution in [-0.2, 0) is 6.54 Å². The molecule has 0 atom stereocenters. The third-order valence-corrected chi connectivity index (χ3v) is 3.89. The van der Waals surface area contributed by atoms with Gasteiger partial charge in [0.05, 0.1) is 24.6 Å². The molecule has 0 fully saturated rings. The van der Waals surface area contributed by atoms with E-state index >= 15 is 0 Å². The molecule has 0 unspecified atom stereocenters. The van der Waals surface area contributed by atoms with Gasteiger partial charge in [-0.25, -0.2) is 0 Å². The van der Waals surface area contributed by atoms with Gasteiger partial charge >= 0.3 is 0 Å². The summed E-state index contributed by atoms with van der Waals surface area (Å²) < 4.78 is 13.1. The fourth-order valence-electron chi connectivity index (χ4n) is 2.55. The summed E-state index contributed by atoms with van der Waals surface area (Å²) in [6.07, 6.45) is 0. The lowest BCUT2D eigenvalue weighted by molar-refractivity contribution is 0.254. The van der Waals surface area contributed by atoms with Crippen LogP contribution in [0.3, 0.4) is 0 Å². The van der Waals surface area contributed by atoms with Gasteiger partial charge in [-0.3, -0.25) is 4.68 Å². The summed E-state index contributed by atoms with van der Waals surface area (Å²) in [6, 6.07) is 16.2. The molecular formula is C19H24ClN3O2. The summed E-state index contributed by atoms with van der Waals surface area (Å²) in [5.41, 5.74) is 2.25. The molecule has 0 N–H and O–H groups in total. The van der Waals surface area contributed by atoms with E-state index in [1.165, 1.54) is 5.56 Å². The maximum atomic E-state index is 5.89. The van der Waals surface area contributed by atoms with Crippen LogP contribution in [0.1, 0.15) is 5.56 Å². The molecule has 1 aromatic heterocycles. The number of hydrogen-bond acceptors (Lipinski definition) is 4. The largest absolute Gasteiger partial charge is 0.497 e. The standard InChI is InChI=1S/C19H23N3O2.ClH/c1-21(2)12-13-24-19-17-6-4-5-7-18(17)22(20-19)14-15-8-10-16(23-3)11-9-15;/h4-11H,12-14H2,1-3H3;1H. The summed E-state index contributed by atoms with van der Waals surface area (Å²) in [7, 11) is 5.74. The van der Waals surface area contributed by atoms with Crippen molar-refractivity contribution in [2.75, 3.05) is 34.4 Å². The van der Waals surface area contributed by atoms with Gasteiger partial charge in [0, 0.05) is 6.54 Å². The minimum absolute atomic E-state index is 0. The molecule has 0 spiro atoms. The quantitative estimate of drug-likeness (QED) is 0.646.